The minimum absolute atomic E-state index is 0.00847. The SMILES string of the molecule is CC(=O)O[C@@H](C(=O)O)C1OCCN(c2cccc(N3CCOCC3=O)c2)C1=O. The molecule has 0 saturated carbocycles. The van der Waals surface area contributed by atoms with Gasteiger partial charge in [-0.15, -0.1) is 0 Å². The van der Waals surface area contributed by atoms with Gasteiger partial charge in [0.25, 0.3) is 11.8 Å². The molecular weight excluding hydrogens is 372 g/mol. The van der Waals surface area contributed by atoms with Crippen molar-refractivity contribution in [2.24, 2.45) is 0 Å². The van der Waals surface area contributed by atoms with Crippen LogP contribution >= 0.6 is 0 Å². The zero-order valence-corrected chi connectivity index (χ0v) is 15.2. The molecule has 2 heterocycles. The minimum atomic E-state index is -1.74. The first-order valence-corrected chi connectivity index (χ1v) is 8.69. The van der Waals surface area contributed by atoms with Gasteiger partial charge in [-0.05, 0) is 18.2 Å². The summed E-state index contributed by atoms with van der Waals surface area (Å²) in [5.41, 5.74) is 1.10. The highest BCUT2D eigenvalue weighted by molar-refractivity contribution is 6.01. The molecule has 28 heavy (non-hydrogen) atoms. The van der Waals surface area contributed by atoms with Crippen LogP contribution in [0.1, 0.15) is 6.92 Å². The van der Waals surface area contributed by atoms with Gasteiger partial charge in [-0.2, -0.15) is 0 Å². The number of anilines is 2. The van der Waals surface area contributed by atoms with Gasteiger partial charge in [-0.3, -0.25) is 14.4 Å². The highest BCUT2D eigenvalue weighted by Gasteiger charge is 2.42. The third-order valence-electron chi connectivity index (χ3n) is 4.37. The first-order valence-electron chi connectivity index (χ1n) is 8.69. The van der Waals surface area contributed by atoms with E-state index in [1.807, 2.05) is 0 Å². The van der Waals surface area contributed by atoms with Gasteiger partial charge in [-0.25, -0.2) is 4.79 Å². The second kappa shape index (κ2) is 8.36. The molecule has 2 amide bonds. The highest BCUT2D eigenvalue weighted by Crippen LogP contribution is 2.27. The lowest BCUT2D eigenvalue weighted by Crippen LogP contribution is -2.55. The summed E-state index contributed by atoms with van der Waals surface area (Å²) in [7, 11) is 0. The predicted octanol–water partition coefficient (Wildman–Crippen LogP) is -0.202. The number of carbonyl (C=O) groups excluding carboxylic acids is 3. The summed E-state index contributed by atoms with van der Waals surface area (Å²) in [5, 5.41) is 9.31. The van der Waals surface area contributed by atoms with E-state index in [1.54, 1.807) is 29.2 Å². The number of rotatable bonds is 5. The number of ether oxygens (including phenoxy) is 3. The van der Waals surface area contributed by atoms with E-state index in [-0.39, 0.29) is 25.7 Å². The average molecular weight is 392 g/mol. The van der Waals surface area contributed by atoms with Crippen LogP contribution in [-0.4, -0.2) is 74.0 Å². The molecule has 10 heteroatoms. The van der Waals surface area contributed by atoms with Crippen molar-refractivity contribution in [3.8, 4) is 0 Å². The van der Waals surface area contributed by atoms with Gasteiger partial charge in [0.1, 0.15) is 6.61 Å². The van der Waals surface area contributed by atoms with Crippen molar-refractivity contribution in [1.82, 2.24) is 0 Å². The molecule has 150 valence electrons. The van der Waals surface area contributed by atoms with Crippen molar-refractivity contribution in [3.05, 3.63) is 24.3 Å². The predicted molar refractivity (Wildman–Crippen MR) is 94.9 cm³/mol. The molecular formula is C18H20N2O8. The van der Waals surface area contributed by atoms with Gasteiger partial charge in [0.15, 0.2) is 6.10 Å². The molecule has 0 aromatic heterocycles. The number of nitrogens with zero attached hydrogens (tertiary/aromatic N) is 2. The van der Waals surface area contributed by atoms with Gasteiger partial charge in [0.2, 0.25) is 6.10 Å². The minimum Gasteiger partial charge on any atom is -0.478 e. The Kier molecular flexibility index (Phi) is 5.90. The molecule has 2 atom stereocenters. The number of morpholine rings is 2. The second-order valence-electron chi connectivity index (χ2n) is 6.27. The maximum absolute atomic E-state index is 12.9. The zero-order valence-electron chi connectivity index (χ0n) is 15.2. The topological polar surface area (TPSA) is 123 Å². The Morgan fingerprint density at radius 3 is 2.50 bits per heavy atom. The standard InChI is InChI=1S/C18H20N2O8/c1-11(21)28-16(18(24)25)15-17(23)20(6-8-27-15)13-4-2-3-12(9-13)19-5-7-26-10-14(19)22/h2-4,9,15-16H,5-8,10H2,1H3,(H,24,25)/t15?,16-/m1/s1. The molecule has 3 rings (SSSR count). The second-order valence-corrected chi connectivity index (χ2v) is 6.27. The molecule has 0 radical (unpaired) electrons. The molecule has 0 spiro atoms. The van der Waals surface area contributed by atoms with Crippen LogP contribution < -0.4 is 9.80 Å². The van der Waals surface area contributed by atoms with E-state index >= 15 is 0 Å². The number of hydrogen-bond donors (Lipinski definition) is 1. The number of carbonyl (C=O) groups is 4. The fourth-order valence-corrected chi connectivity index (χ4v) is 3.12. The smallest absolute Gasteiger partial charge is 0.348 e. The Bertz CT molecular complexity index is 796. The van der Waals surface area contributed by atoms with E-state index in [4.69, 9.17) is 14.2 Å². The maximum Gasteiger partial charge on any atom is 0.348 e. The normalized spacial score (nSPS) is 21.4. The highest BCUT2D eigenvalue weighted by atomic mass is 16.6. The molecule has 2 aliphatic rings. The van der Waals surface area contributed by atoms with E-state index < -0.39 is 30.1 Å². The Morgan fingerprint density at radius 2 is 1.86 bits per heavy atom. The van der Waals surface area contributed by atoms with E-state index in [2.05, 4.69) is 0 Å². The van der Waals surface area contributed by atoms with E-state index in [1.165, 1.54) is 4.90 Å². The molecule has 0 aliphatic carbocycles. The van der Waals surface area contributed by atoms with Crippen molar-refractivity contribution in [3.63, 3.8) is 0 Å². The molecule has 10 nitrogen and oxygen atoms in total. The third-order valence-corrected chi connectivity index (χ3v) is 4.37. The zero-order chi connectivity index (χ0) is 20.3. The number of hydrogen-bond acceptors (Lipinski definition) is 7. The molecule has 0 bridgehead atoms. The van der Waals surface area contributed by atoms with Crippen molar-refractivity contribution < 1.29 is 38.5 Å². The largest absolute Gasteiger partial charge is 0.478 e. The first-order chi connectivity index (χ1) is 13.4. The Labute approximate surface area is 160 Å². The Morgan fingerprint density at radius 1 is 1.18 bits per heavy atom. The van der Waals surface area contributed by atoms with Crippen LogP contribution in [0.15, 0.2) is 24.3 Å². The van der Waals surface area contributed by atoms with Crippen molar-refractivity contribution in [2.45, 2.75) is 19.1 Å². The molecule has 2 fully saturated rings. The number of carboxylic acid groups (broad SMARTS) is 1. The number of carboxylic acids is 1. The lowest BCUT2D eigenvalue weighted by molar-refractivity contribution is -0.177. The van der Waals surface area contributed by atoms with E-state index in [0.717, 1.165) is 6.92 Å². The average Bonchev–Trinajstić information content (AvgIpc) is 2.67. The fourth-order valence-electron chi connectivity index (χ4n) is 3.12. The molecule has 1 aromatic carbocycles. The van der Waals surface area contributed by atoms with Gasteiger partial charge in [0, 0.05) is 31.4 Å². The summed E-state index contributed by atoms with van der Waals surface area (Å²) in [6.07, 6.45) is -3.19. The van der Waals surface area contributed by atoms with Crippen LogP contribution in [0.3, 0.4) is 0 Å². The fraction of sp³-hybridized carbons (Fsp3) is 0.444. The number of aliphatic carboxylic acids is 1. The van der Waals surface area contributed by atoms with Gasteiger partial charge >= 0.3 is 11.9 Å². The Hall–Kier alpha value is -2.98. The Balaban J connectivity index is 1.84. The van der Waals surface area contributed by atoms with E-state index in [0.29, 0.717) is 24.5 Å². The number of amides is 2. The summed E-state index contributed by atoms with van der Waals surface area (Å²) in [6, 6.07) is 6.79. The summed E-state index contributed by atoms with van der Waals surface area (Å²) in [6.45, 7) is 2.13. The number of benzene rings is 1. The van der Waals surface area contributed by atoms with Gasteiger partial charge in [0.05, 0.1) is 13.2 Å². The molecule has 2 aliphatic heterocycles. The molecule has 1 N–H and O–H groups in total. The quantitative estimate of drug-likeness (QED) is 0.684. The van der Waals surface area contributed by atoms with Crippen molar-refractivity contribution in [2.75, 3.05) is 42.7 Å². The summed E-state index contributed by atoms with van der Waals surface area (Å²) >= 11 is 0. The van der Waals surface area contributed by atoms with Crippen LogP contribution in [0.4, 0.5) is 11.4 Å². The van der Waals surface area contributed by atoms with Crippen LogP contribution in [0.25, 0.3) is 0 Å². The van der Waals surface area contributed by atoms with Gasteiger partial charge < -0.3 is 29.1 Å². The van der Waals surface area contributed by atoms with Crippen LogP contribution in [0.2, 0.25) is 0 Å². The molecule has 1 unspecified atom stereocenters. The maximum atomic E-state index is 12.9. The van der Waals surface area contributed by atoms with Crippen LogP contribution in [0, 0.1) is 0 Å². The van der Waals surface area contributed by atoms with Crippen molar-refractivity contribution >= 4 is 35.1 Å². The third kappa shape index (κ3) is 4.12. The van der Waals surface area contributed by atoms with Gasteiger partial charge in [-0.1, -0.05) is 6.07 Å². The van der Waals surface area contributed by atoms with Crippen molar-refractivity contribution in [1.29, 1.82) is 0 Å². The molecule has 1 aromatic rings. The summed E-state index contributed by atoms with van der Waals surface area (Å²) in [4.78, 5) is 50.5. The number of esters is 1. The monoisotopic (exact) mass is 392 g/mol. The first kappa shape index (κ1) is 19.8. The lowest BCUT2D eigenvalue weighted by atomic mass is 10.1. The lowest BCUT2D eigenvalue weighted by Gasteiger charge is -2.35. The summed E-state index contributed by atoms with van der Waals surface area (Å²) in [5.74, 6) is -3.11. The molecule has 2 saturated heterocycles. The van der Waals surface area contributed by atoms with Crippen LogP contribution in [-0.2, 0) is 33.4 Å². The summed E-state index contributed by atoms with van der Waals surface area (Å²) < 4.78 is 15.2. The van der Waals surface area contributed by atoms with E-state index in [9.17, 15) is 24.3 Å². The van der Waals surface area contributed by atoms with Crippen LogP contribution in [0.5, 0.6) is 0 Å².